The molecule has 0 aliphatic carbocycles. The number of hydrogen-bond donors (Lipinski definition) is 0. The highest BCUT2D eigenvalue weighted by atomic mass is 19.4. The van der Waals surface area contributed by atoms with Crippen LogP contribution in [-0.4, -0.2) is 69.0 Å². The molecule has 0 aromatic carbocycles. The van der Waals surface area contributed by atoms with Gasteiger partial charge < -0.3 is 19.3 Å². The van der Waals surface area contributed by atoms with E-state index in [-0.39, 0.29) is 47.1 Å². The average Bonchev–Trinajstić information content (AvgIpc) is 3.67. The first-order chi connectivity index (χ1) is 19.8. The van der Waals surface area contributed by atoms with Gasteiger partial charge in [0.15, 0.2) is 17.2 Å². The van der Waals surface area contributed by atoms with Crippen molar-refractivity contribution in [3.8, 4) is 11.9 Å². The van der Waals surface area contributed by atoms with Crippen molar-refractivity contribution in [3.63, 3.8) is 0 Å². The lowest BCUT2D eigenvalue weighted by atomic mass is 9.92. The number of alkyl halides is 3. The van der Waals surface area contributed by atoms with Gasteiger partial charge in [-0.1, -0.05) is 0 Å². The Hall–Kier alpha value is -3.37. The van der Waals surface area contributed by atoms with Gasteiger partial charge in [0.1, 0.15) is 12.0 Å². The second-order valence-corrected chi connectivity index (χ2v) is 11.7. The third-order valence-corrected chi connectivity index (χ3v) is 9.01. The molecule has 4 saturated heterocycles. The SMILES string of the molecule is C[C@@H]1CC(C#N)CCN1c1cc(N2C3CCC2COC3)nc2c1c(C(F)(F)F)nn2-c1ccn(C2CCCCO2)n1. The fourth-order valence-corrected chi connectivity index (χ4v) is 6.98. The van der Waals surface area contributed by atoms with E-state index in [1.165, 1.54) is 4.68 Å². The summed E-state index contributed by atoms with van der Waals surface area (Å²) >= 11 is 0. The Labute approximate surface area is 235 Å². The lowest BCUT2D eigenvalue weighted by Crippen LogP contribution is -2.46. The highest BCUT2D eigenvalue weighted by Gasteiger charge is 2.43. The van der Waals surface area contributed by atoms with Crippen molar-refractivity contribution < 1.29 is 22.6 Å². The van der Waals surface area contributed by atoms with E-state index in [1.54, 1.807) is 23.0 Å². The molecule has 2 bridgehead atoms. The maximum absolute atomic E-state index is 14.7. The summed E-state index contributed by atoms with van der Waals surface area (Å²) in [6.45, 7) is 4.20. The number of nitrogens with zero attached hydrogens (tertiary/aromatic N) is 8. The molecule has 13 heteroatoms. The summed E-state index contributed by atoms with van der Waals surface area (Å²) in [5.74, 6) is 0.767. The van der Waals surface area contributed by atoms with Crippen molar-refractivity contribution in [1.29, 1.82) is 5.26 Å². The molecular weight excluding hydrogens is 537 g/mol. The molecule has 7 heterocycles. The lowest BCUT2D eigenvalue weighted by molar-refractivity contribution is -0.140. The van der Waals surface area contributed by atoms with Crippen LogP contribution in [0.3, 0.4) is 0 Å². The number of halogens is 3. The molecule has 3 aromatic heterocycles. The standard InChI is InChI=1S/C28H33F3N8O2/c1-17-12-18(14-32)7-9-36(17)21-13-23(38-19-5-6-20(38)16-40-15-19)33-27-25(21)26(28(29,30)31)35-39(27)22-8-10-37(34-22)24-4-2-3-11-41-24/h8,10,13,17-20,24H,2-7,9,11-12,15-16H2,1H3/t17-,18?,19?,20?,24?/m1/s1. The summed E-state index contributed by atoms with van der Waals surface area (Å²) < 4.78 is 58.5. The Balaban J connectivity index is 1.41. The quantitative estimate of drug-likeness (QED) is 0.440. The largest absolute Gasteiger partial charge is 0.435 e. The van der Waals surface area contributed by atoms with Gasteiger partial charge in [0.05, 0.1) is 42.4 Å². The number of pyridine rings is 1. The van der Waals surface area contributed by atoms with Gasteiger partial charge in [-0.05, 0) is 51.9 Å². The van der Waals surface area contributed by atoms with E-state index in [1.807, 2.05) is 11.8 Å². The van der Waals surface area contributed by atoms with Crippen molar-refractivity contribution in [1.82, 2.24) is 24.5 Å². The van der Waals surface area contributed by atoms with Crippen LogP contribution in [0.4, 0.5) is 24.7 Å². The molecule has 0 spiro atoms. The van der Waals surface area contributed by atoms with E-state index < -0.39 is 11.9 Å². The summed E-state index contributed by atoms with van der Waals surface area (Å²) in [6.07, 6.45) is 2.60. The van der Waals surface area contributed by atoms with Gasteiger partial charge in [-0.3, -0.25) is 0 Å². The van der Waals surface area contributed by atoms with E-state index in [0.717, 1.165) is 32.1 Å². The summed E-state index contributed by atoms with van der Waals surface area (Å²) in [5, 5.41) is 18.2. The molecule has 0 N–H and O–H groups in total. The van der Waals surface area contributed by atoms with Crippen LogP contribution in [-0.2, 0) is 15.7 Å². The first-order valence-corrected chi connectivity index (χ1v) is 14.5. The number of piperidine rings is 1. The Morgan fingerprint density at radius 1 is 1.05 bits per heavy atom. The van der Waals surface area contributed by atoms with Gasteiger partial charge in [-0.25, -0.2) is 9.67 Å². The molecule has 0 amide bonds. The highest BCUT2D eigenvalue weighted by Crippen LogP contribution is 2.44. The third-order valence-electron chi connectivity index (χ3n) is 9.01. The molecule has 0 saturated carbocycles. The minimum atomic E-state index is -4.71. The van der Waals surface area contributed by atoms with Crippen LogP contribution >= 0.6 is 0 Å². The van der Waals surface area contributed by atoms with Crippen molar-refractivity contribution in [2.24, 2.45) is 5.92 Å². The maximum Gasteiger partial charge on any atom is 0.435 e. The van der Waals surface area contributed by atoms with Gasteiger partial charge in [0.2, 0.25) is 0 Å². The Bertz CT molecular complexity index is 1460. The van der Waals surface area contributed by atoms with E-state index in [2.05, 4.69) is 21.2 Å². The molecule has 3 aromatic rings. The van der Waals surface area contributed by atoms with Crippen LogP contribution in [0.2, 0.25) is 0 Å². The predicted octanol–water partition coefficient (Wildman–Crippen LogP) is 4.83. The summed E-state index contributed by atoms with van der Waals surface area (Å²) in [4.78, 5) is 9.11. The summed E-state index contributed by atoms with van der Waals surface area (Å²) in [6, 6.07) is 5.92. The van der Waals surface area contributed by atoms with Crippen LogP contribution in [0.15, 0.2) is 18.3 Å². The summed E-state index contributed by atoms with van der Waals surface area (Å²) in [5.41, 5.74) is -0.405. The second-order valence-electron chi connectivity index (χ2n) is 11.7. The van der Waals surface area contributed by atoms with E-state index in [4.69, 9.17) is 14.5 Å². The minimum absolute atomic E-state index is 0.0346. The van der Waals surface area contributed by atoms with Crippen molar-refractivity contribution in [2.75, 3.05) is 36.2 Å². The molecule has 4 aliphatic heterocycles. The third kappa shape index (κ3) is 4.61. The molecule has 4 aliphatic rings. The van der Waals surface area contributed by atoms with E-state index in [0.29, 0.717) is 50.7 Å². The highest BCUT2D eigenvalue weighted by molar-refractivity contribution is 5.95. The van der Waals surface area contributed by atoms with Crippen molar-refractivity contribution in [2.45, 2.75) is 82.4 Å². The zero-order chi connectivity index (χ0) is 28.3. The van der Waals surface area contributed by atoms with Gasteiger partial charge in [0.25, 0.3) is 0 Å². The van der Waals surface area contributed by atoms with Crippen LogP contribution in [0.25, 0.3) is 16.9 Å². The number of ether oxygens (including phenoxy) is 2. The Morgan fingerprint density at radius 3 is 2.54 bits per heavy atom. The van der Waals surface area contributed by atoms with Crippen molar-refractivity contribution >= 4 is 22.5 Å². The molecular formula is C28H33F3N8O2. The Morgan fingerprint density at radius 2 is 1.85 bits per heavy atom. The molecule has 41 heavy (non-hydrogen) atoms. The Kier molecular flexibility index (Phi) is 6.58. The number of aromatic nitrogens is 5. The minimum Gasteiger partial charge on any atom is -0.377 e. The van der Waals surface area contributed by atoms with Crippen molar-refractivity contribution in [3.05, 3.63) is 24.0 Å². The number of rotatable bonds is 4. The predicted molar refractivity (Wildman–Crippen MR) is 144 cm³/mol. The molecule has 7 rings (SSSR count). The zero-order valence-electron chi connectivity index (χ0n) is 22.9. The molecule has 0 radical (unpaired) electrons. The van der Waals surface area contributed by atoms with Crippen LogP contribution in [0, 0.1) is 17.2 Å². The van der Waals surface area contributed by atoms with Gasteiger partial charge in [-0.15, -0.1) is 0 Å². The van der Waals surface area contributed by atoms with Gasteiger partial charge in [-0.2, -0.15) is 33.3 Å². The smallest absolute Gasteiger partial charge is 0.377 e. The fraction of sp³-hybridized carbons (Fsp3) is 0.643. The molecule has 5 atom stereocenters. The second kappa shape index (κ2) is 10.2. The van der Waals surface area contributed by atoms with Crippen LogP contribution in [0.1, 0.15) is 63.8 Å². The molecule has 10 nitrogen and oxygen atoms in total. The molecule has 218 valence electrons. The van der Waals surface area contributed by atoms with Gasteiger partial charge >= 0.3 is 6.18 Å². The molecule has 4 fully saturated rings. The number of hydrogen-bond acceptors (Lipinski definition) is 8. The maximum atomic E-state index is 14.7. The summed E-state index contributed by atoms with van der Waals surface area (Å²) in [7, 11) is 0. The van der Waals surface area contributed by atoms with E-state index >= 15 is 0 Å². The molecule has 4 unspecified atom stereocenters. The van der Waals surface area contributed by atoms with Gasteiger partial charge in [0, 0.05) is 43.4 Å². The first kappa shape index (κ1) is 26.5. The fourth-order valence-electron chi connectivity index (χ4n) is 6.98. The number of fused-ring (bicyclic) bond motifs is 3. The normalized spacial score (nSPS) is 28.8. The van der Waals surface area contributed by atoms with E-state index in [9.17, 15) is 18.4 Å². The number of nitriles is 1. The first-order valence-electron chi connectivity index (χ1n) is 14.5. The van der Waals surface area contributed by atoms with Crippen LogP contribution in [0.5, 0.6) is 0 Å². The monoisotopic (exact) mass is 570 g/mol. The topological polar surface area (TPSA) is 97.3 Å². The lowest BCUT2D eigenvalue weighted by Gasteiger charge is -2.39. The average molecular weight is 571 g/mol. The van der Waals surface area contributed by atoms with Crippen LogP contribution < -0.4 is 9.80 Å². The number of anilines is 2. The number of morpholine rings is 1. The zero-order valence-corrected chi connectivity index (χ0v) is 22.9.